The molecule has 0 bridgehead atoms. The maximum Gasteiger partial charge on any atom is 0.166 e. The fourth-order valence-corrected chi connectivity index (χ4v) is 2.10. The molecule has 0 radical (unpaired) electrons. The quantitative estimate of drug-likeness (QED) is 0.776. The van der Waals surface area contributed by atoms with Gasteiger partial charge in [0.05, 0.1) is 0 Å². The number of rotatable bonds is 5. The molecule has 1 aromatic rings. The Bertz CT molecular complexity index is 378. The van der Waals surface area contributed by atoms with Crippen molar-refractivity contribution in [3.63, 3.8) is 0 Å². The summed E-state index contributed by atoms with van der Waals surface area (Å²) in [5, 5.41) is 0. The molecular formula is C13H22N2O. The third-order valence-corrected chi connectivity index (χ3v) is 2.92. The van der Waals surface area contributed by atoms with E-state index in [0.717, 1.165) is 29.9 Å². The van der Waals surface area contributed by atoms with E-state index in [2.05, 4.69) is 11.9 Å². The van der Waals surface area contributed by atoms with Crippen LogP contribution in [0.4, 0.5) is 0 Å². The summed E-state index contributed by atoms with van der Waals surface area (Å²) in [6, 6.07) is 0. The molecule has 0 amide bonds. The van der Waals surface area contributed by atoms with Gasteiger partial charge in [-0.1, -0.05) is 6.92 Å². The number of Topliss-reactive ketones (excluding diaryl/α,β-unsaturated/α-hetero) is 1. The molecule has 0 aliphatic heterocycles. The lowest BCUT2D eigenvalue weighted by molar-refractivity contribution is 0.0971. The molecule has 0 saturated heterocycles. The van der Waals surface area contributed by atoms with Crippen molar-refractivity contribution >= 4 is 5.78 Å². The van der Waals surface area contributed by atoms with Crippen molar-refractivity contribution in [2.24, 2.45) is 0 Å². The molecule has 90 valence electrons. The van der Waals surface area contributed by atoms with E-state index in [9.17, 15) is 4.79 Å². The summed E-state index contributed by atoms with van der Waals surface area (Å²) in [5.41, 5.74) is 4.24. The normalized spacial score (nSPS) is 11.1. The minimum atomic E-state index is 0.257. The van der Waals surface area contributed by atoms with Crippen LogP contribution >= 0.6 is 0 Å². The van der Waals surface area contributed by atoms with E-state index in [4.69, 9.17) is 0 Å². The van der Waals surface area contributed by atoms with E-state index < -0.39 is 0 Å². The summed E-state index contributed by atoms with van der Waals surface area (Å²) in [5.74, 6) is 0.257. The maximum atomic E-state index is 12.1. The van der Waals surface area contributed by atoms with Gasteiger partial charge >= 0.3 is 0 Å². The van der Waals surface area contributed by atoms with E-state index >= 15 is 0 Å². The smallest absolute Gasteiger partial charge is 0.166 e. The lowest BCUT2D eigenvalue weighted by Gasteiger charge is -2.09. The summed E-state index contributed by atoms with van der Waals surface area (Å²) in [6.07, 6.45) is 1.51. The molecule has 16 heavy (non-hydrogen) atoms. The zero-order valence-corrected chi connectivity index (χ0v) is 11.0. The van der Waals surface area contributed by atoms with Gasteiger partial charge in [-0.2, -0.15) is 0 Å². The zero-order chi connectivity index (χ0) is 12.3. The summed E-state index contributed by atoms with van der Waals surface area (Å²) in [4.78, 5) is 17.4. The van der Waals surface area contributed by atoms with Gasteiger partial charge in [0.1, 0.15) is 0 Å². The standard InChI is InChI=1S/C13H22N2O/c1-6-11-9(2)14-10(3)13(11)12(16)7-8-15(4)5/h14H,6-8H2,1-5H3. The highest BCUT2D eigenvalue weighted by Gasteiger charge is 2.17. The van der Waals surface area contributed by atoms with Crippen LogP contribution in [0.3, 0.4) is 0 Å². The van der Waals surface area contributed by atoms with Gasteiger partial charge in [0.25, 0.3) is 0 Å². The molecule has 3 nitrogen and oxygen atoms in total. The fraction of sp³-hybridized carbons (Fsp3) is 0.615. The maximum absolute atomic E-state index is 12.1. The number of aromatic amines is 1. The Balaban J connectivity index is 2.90. The number of nitrogens with zero attached hydrogens (tertiary/aromatic N) is 1. The third-order valence-electron chi connectivity index (χ3n) is 2.92. The number of H-pyrrole nitrogens is 1. The van der Waals surface area contributed by atoms with Gasteiger partial charge < -0.3 is 9.88 Å². The average molecular weight is 222 g/mol. The Morgan fingerprint density at radius 1 is 1.25 bits per heavy atom. The topological polar surface area (TPSA) is 36.1 Å². The first kappa shape index (κ1) is 13.0. The van der Waals surface area contributed by atoms with Crippen molar-refractivity contribution in [3.8, 4) is 0 Å². The molecule has 1 rings (SSSR count). The van der Waals surface area contributed by atoms with Crippen LogP contribution in [-0.4, -0.2) is 36.3 Å². The molecule has 0 spiro atoms. The summed E-state index contributed by atoms with van der Waals surface area (Å²) < 4.78 is 0. The molecule has 1 heterocycles. The molecule has 0 aromatic carbocycles. The van der Waals surface area contributed by atoms with E-state index in [1.54, 1.807) is 0 Å². The molecule has 1 N–H and O–H groups in total. The predicted octanol–water partition coefficient (Wildman–Crippen LogP) is 2.33. The number of nitrogens with one attached hydrogen (secondary N) is 1. The largest absolute Gasteiger partial charge is 0.362 e. The number of aryl methyl sites for hydroxylation is 2. The first-order chi connectivity index (χ1) is 7.47. The number of carbonyl (C=O) groups excluding carboxylic acids is 1. The molecule has 3 heteroatoms. The molecule has 0 saturated carbocycles. The van der Waals surface area contributed by atoms with Gasteiger partial charge in [-0.25, -0.2) is 0 Å². The zero-order valence-electron chi connectivity index (χ0n) is 11.0. The number of hydrogen-bond donors (Lipinski definition) is 1. The highest BCUT2D eigenvalue weighted by molar-refractivity contribution is 5.99. The second-order valence-corrected chi connectivity index (χ2v) is 4.56. The van der Waals surface area contributed by atoms with Gasteiger partial charge in [0.15, 0.2) is 5.78 Å². The fourth-order valence-electron chi connectivity index (χ4n) is 2.10. The predicted molar refractivity (Wildman–Crippen MR) is 67.1 cm³/mol. The number of ketones is 1. The van der Waals surface area contributed by atoms with Crippen LogP contribution in [0.1, 0.15) is 40.7 Å². The second-order valence-electron chi connectivity index (χ2n) is 4.56. The molecule has 0 aliphatic carbocycles. The third kappa shape index (κ3) is 2.73. The van der Waals surface area contributed by atoms with E-state index in [0.29, 0.717) is 6.42 Å². The monoisotopic (exact) mass is 222 g/mol. The molecule has 0 atom stereocenters. The number of hydrogen-bond acceptors (Lipinski definition) is 2. The van der Waals surface area contributed by atoms with E-state index in [1.165, 1.54) is 5.56 Å². The lowest BCUT2D eigenvalue weighted by atomic mass is 10.0. The van der Waals surface area contributed by atoms with Crippen LogP contribution in [0.25, 0.3) is 0 Å². The lowest BCUT2D eigenvalue weighted by Crippen LogP contribution is -2.17. The van der Waals surface area contributed by atoms with Gasteiger partial charge in [-0.15, -0.1) is 0 Å². The summed E-state index contributed by atoms with van der Waals surface area (Å²) in [7, 11) is 3.98. The Morgan fingerprint density at radius 2 is 1.88 bits per heavy atom. The molecule has 0 aliphatic rings. The molecule has 0 fully saturated rings. The van der Waals surface area contributed by atoms with Crippen LogP contribution in [0.2, 0.25) is 0 Å². The van der Waals surface area contributed by atoms with Gasteiger partial charge in [-0.3, -0.25) is 4.79 Å². The Kier molecular flexibility index (Phi) is 4.30. The highest BCUT2D eigenvalue weighted by atomic mass is 16.1. The highest BCUT2D eigenvalue weighted by Crippen LogP contribution is 2.20. The van der Waals surface area contributed by atoms with Crippen LogP contribution in [-0.2, 0) is 6.42 Å². The van der Waals surface area contributed by atoms with Crippen LogP contribution in [0.15, 0.2) is 0 Å². The van der Waals surface area contributed by atoms with E-state index in [-0.39, 0.29) is 5.78 Å². The second kappa shape index (κ2) is 5.30. The number of aromatic nitrogens is 1. The van der Waals surface area contributed by atoms with Crippen molar-refractivity contribution in [2.45, 2.75) is 33.6 Å². The first-order valence-electron chi connectivity index (χ1n) is 5.83. The van der Waals surface area contributed by atoms with Crippen molar-refractivity contribution in [1.29, 1.82) is 0 Å². The molecule has 0 unspecified atom stereocenters. The Morgan fingerprint density at radius 3 is 2.38 bits per heavy atom. The van der Waals surface area contributed by atoms with E-state index in [1.807, 2.05) is 32.8 Å². The molecule has 1 aromatic heterocycles. The van der Waals surface area contributed by atoms with Crippen molar-refractivity contribution in [1.82, 2.24) is 9.88 Å². The Hall–Kier alpha value is -1.09. The van der Waals surface area contributed by atoms with Crippen molar-refractivity contribution in [3.05, 3.63) is 22.5 Å². The van der Waals surface area contributed by atoms with Crippen LogP contribution < -0.4 is 0 Å². The minimum Gasteiger partial charge on any atom is -0.362 e. The average Bonchev–Trinajstić information content (AvgIpc) is 2.49. The first-order valence-corrected chi connectivity index (χ1v) is 5.83. The van der Waals surface area contributed by atoms with Crippen molar-refractivity contribution in [2.75, 3.05) is 20.6 Å². The van der Waals surface area contributed by atoms with Crippen LogP contribution in [0, 0.1) is 13.8 Å². The van der Waals surface area contributed by atoms with Crippen LogP contribution in [0.5, 0.6) is 0 Å². The summed E-state index contributed by atoms with van der Waals surface area (Å²) >= 11 is 0. The molecular weight excluding hydrogens is 200 g/mol. The summed E-state index contributed by atoms with van der Waals surface area (Å²) in [6.45, 7) is 6.92. The van der Waals surface area contributed by atoms with Gasteiger partial charge in [0, 0.05) is 29.9 Å². The SMILES string of the molecule is CCc1c(C)[nH]c(C)c1C(=O)CCN(C)C. The number of carbonyl (C=O) groups is 1. The van der Waals surface area contributed by atoms with Gasteiger partial charge in [0.2, 0.25) is 0 Å². The Labute approximate surface area is 97.8 Å². The van der Waals surface area contributed by atoms with Gasteiger partial charge in [-0.05, 0) is 39.9 Å². The minimum absolute atomic E-state index is 0.257. The van der Waals surface area contributed by atoms with Crippen molar-refractivity contribution < 1.29 is 4.79 Å².